The largest absolute Gasteiger partial charge is 0.375 e. The van der Waals surface area contributed by atoms with Crippen molar-refractivity contribution in [3.63, 3.8) is 0 Å². The van der Waals surface area contributed by atoms with Crippen LogP contribution in [-0.2, 0) is 4.79 Å². The number of nitrogens with zero attached hydrogens (tertiary/aromatic N) is 1. The second-order valence-corrected chi connectivity index (χ2v) is 3.50. The summed E-state index contributed by atoms with van der Waals surface area (Å²) in [6.45, 7) is 0.277. The van der Waals surface area contributed by atoms with Crippen LogP contribution in [0.5, 0.6) is 0 Å². The molecule has 0 aliphatic carbocycles. The minimum absolute atomic E-state index is 0.0430. The first-order valence-corrected chi connectivity index (χ1v) is 4.86. The first kappa shape index (κ1) is 10.2. The zero-order valence-electron chi connectivity index (χ0n) is 7.17. The number of aromatic nitrogens is 1. The van der Waals surface area contributed by atoms with Crippen LogP contribution in [-0.4, -0.2) is 24.5 Å². The van der Waals surface area contributed by atoms with E-state index in [1.807, 2.05) is 12.1 Å². The van der Waals surface area contributed by atoms with Gasteiger partial charge in [0.25, 0.3) is 0 Å². The third-order valence-electron chi connectivity index (χ3n) is 1.46. The molecule has 1 heterocycles. The highest BCUT2D eigenvalue weighted by molar-refractivity contribution is 14.1. The molecule has 0 radical (unpaired) electrons. The molecule has 70 valence electrons. The molecule has 0 fully saturated rings. The van der Waals surface area contributed by atoms with Crippen LogP contribution in [0.3, 0.4) is 0 Å². The Kier molecular flexibility index (Phi) is 3.94. The molecule has 1 amide bonds. The molecule has 4 nitrogen and oxygen atoms in total. The van der Waals surface area contributed by atoms with Gasteiger partial charge in [0.15, 0.2) is 0 Å². The Hall–Kier alpha value is -0.850. The number of hydrogen-bond donors (Lipinski definition) is 2. The van der Waals surface area contributed by atoms with Gasteiger partial charge in [-0.3, -0.25) is 4.79 Å². The summed E-state index contributed by atoms with van der Waals surface area (Å²) in [6.07, 6.45) is 1.70. The van der Waals surface area contributed by atoms with E-state index in [0.29, 0.717) is 0 Å². The normalized spacial score (nSPS) is 9.38. The molecule has 1 aromatic rings. The van der Waals surface area contributed by atoms with E-state index in [4.69, 9.17) is 0 Å². The molecule has 1 aromatic heterocycles. The monoisotopic (exact) mass is 291 g/mol. The summed E-state index contributed by atoms with van der Waals surface area (Å²) in [5.74, 6) is -0.0430. The molecule has 2 N–H and O–H groups in total. The van der Waals surface area contributed by atoms with Gasteiger partial charge in [0, 0.05) is 7.05 Å². The predicted molar refractivity (Wildman–Crippen MR) is 59.5 cm³/mol. The summed E-state index contributed by atoms with van der Waals surface area (Å²) in [7, 11) is 1.61. The van der Waals surface area contributed by atoms with Crippen molar-refractivity contribution in [2.75, 3.05) is 18.9 Å². The fourth-order valence-electron chi connectivity index (χ4n) is 0.751. The predicted octanol–water partition coefficient (Wildman–Crippen LogP) is 0.844. The standard InChI is InChI=1S/C8H10IN3O/c1-10-8(13)5-11-6-2-3-7(9)12-4-6/h2-4,11H,5H2,1H3,(H,10,13). The van der Waals surface area contributed by atoms with Crippen LogP contribution in [0, 0.1) is 3.70 Å². The van der Waals surface area contributed by atoms with Crippen molar-refractivity contribution >= 4 is 34.2 Å². The lowest BCUT2D eigenvalue weighted by molar-refractivity contribution is -0.118. The quantitative estimate of drug-likeness (QED) is 0.641. The first-order valence-electron chi connectivity index (χ1n) is 3.78. The van der Waals surface area contributed by atoms with Crippen molar-refractivity contribution < 1.29 is 4.79 Å². The summed E-state index contributed by atoms with van der Waals surface area (Å²) in [5.41, 5.74) is 0.851. The van der Waals surface area contributed by atoms with E-state index in [-0.39, 0.29) is 12.5 Å². The van der Waals surface area contributed by atoms with Crippen LogP contribution >= 0.6 is 22.6 Å². The second kappa shape index (κ2) is 5.00. The fraction of sp³-hybridized carbons (Fsp3) is 0.250. The van der Waals surface area contributed by atoms with E-state index >= 15 is 0 Å². The molecule has 13 heavy (non-hydrogen) atoms. The molecule has 5 heteroatoms. The summed E-state index contributed by atoms with van der Waals surface area (Å²) in [4.78, 5) is 14.9. The number of nitrogens with one attached hydrogen (secondary N) is 2. The van der Waals surface area contributed by atoms with Gasteiger partial charge in [-0.2, -0.15) is 0 Å². The Morgan fingerprint density at radius 1 is 1.62 bits per heavy atom. The minimum atomic E-state index is -0.0430. The van der Waals surface area contributed by atoms with Crippen LogP contribution in [0.15, 0.2) is 18.3 Å². The van der Waals surface area contributed by atoms with Crippen molar-refractivity contribution in [1.29, 1.82) is 0 Å². The van der Waals surface area contributed by atoms with Crippen molar-refractivity contribution in [2.24, 2.45) is 0 Å². The third kappa shape index (κ3) is 3.58. The highest BCUT2D eigenvalue weighted by atomic mass is 127. The van der Waals surface area contributed by atoms with E-state index in [1.54, 1.807) is 13.2 Å². The Morgan fingerprint density at radius 2 is 2.38 bits per heavy atom. The molecule has 0 aliphatic heterocycles. The number of anilines is 1. The molecule has 0 saturated heterocycles. The molecule has 0 saturated carbocycles. The number of carbonyl (C=O) groups is 1. The first-order chi connectivity index (χ1) is 6.22. The molecular weight excluding hydrogens is 281 g/mol. The van der Waals surface area contributed by atoms with Gasteiger partial charge in [-0.05, 0) is 34.7 Å². The fourth-order valence-corrected chi connectivity index (χ4v) is 1.07. The van der Waals surface area contributed by atoms with E-state index in [2.05, 4.69) is 38.2 Å². The van der Waals surface area contributed by atoms with Gasteiger partial charge in [0.05, 0.1) is 18.4 Å². The average molecular weight is 291 g/mol. The summed E-state index contributed by atoms with van der Waals surface area (Å²) in [6, 6.07) is 3.77. The number of carbonyl (C=O) groups excluding carboxylic acids is 1. The molecule has 0 bridgehead atoms. The summed E-state index contributed by atoms with van der Waals surface area (Å²) < 4.78 is 0.933. The molecule has 0 aliphatic rings. The van der Waals surface area contributed by atoms with Crippen LogP contribution in [0.4, 0.5) is 5.69 Å². The highest BCUT2D eigenvalue weighted by Gasteiger charge is 1.97. The van der Waals surface area contributed by atoms with Crippen molar-refractivity contribution in [3.8, 4) is 0 Å². The number of rotatable bonds is 3. The van der Waals surface area contributed by atoms with Gasteiger partial charge in [-0.25, -0.2) is 4.98 Å². The van der Waals surface area contributed by atoms with Crippen molar-refractivity contribution in [1.82, 2.24) is 10.3 Å². The van der Waals surface area contributed by atoms with Gasteiger partial charge < -0.3 is 10.6 Å². The lowest BCUT2D eigenvalue weighted by atomic mass is 10.4. The number of amides is 1. The Morgan fingerprint density at radius 3 is 2.92 bits per heavy atom. The highest BCUT2D eigenvalue weighted by Crippen LogP contribution is 2.06. The Bertz CT molecular complexity index is 286. The second-order valence-electron chi connectivity index (χ2n) is 2.40. The van der Waals surface area contributed by atoms with E-state index in [0.717, 1.165) is 9.39 Å². The van der Waals surface area contributed by atoms with Gasteiger partial charge in [-0.1, -0.05) is 0 Å². The average Bonchev–Trinajstić information content (AvgIpc) is 2.16. The topological polar surface area (TPSA) is 54.0 Å². The molecule has 1 rings (SSSR count). The molecule has 0 aromatic carbocycles. The van der Waals surface area contributed by atoms with Gasteiger partial charge in [-0.15, -0.1) is 0 Å². The molecular formula is C8H10IN3O. The Balaban J connectivity index is 2.46. The van der Waals surface area contributed by atoms with E-state index in [9.17, 15) is 4.79 Å². The van der Waals surface area contributed by atoms with Crippen LogP contribution in [0.1, 0.15) is 0 Å². The van der Waals surface area contributed by atoms with Gasteiger partial charge in [0.2, 0.25) is 5.91 Å². The number of likely N-dealkylation sites (N-methyl/N-ethyl adjacent to an activating group) is 1. The Labute approximate surface area is 90.3 Å². The molecule has 0 unspecified atom stereocenters. The van der Waals surface area contributed by atoms with Crippen LogP contribution in [0.25, 0.3) is 0 Å². The lowest BCUT2D eigenvalue weighted by Crippen LogP contribution is -2.26. The van der Waals surface area contributed by atoms with E-state index < -0.39 is 0 Å². The van der Waals surface area contributed by atoms with Crippen LogP contribution in [0.2, 0.25) is 0 Å². The van der Waals surface area contributed by atoms with Gasteiger partial charge >= 0.3 is 0 Å². The lowest BCUT2D eigenvalue weighted by Gasteiger charge is -2.03. The molecule has 0 atom stereocenters. The van der Waals surface area contributed by atoms with Crippen molar-refractivity contribution in [3.05, 3.63) is 22.0 Å². The smallest absolute Gasteiger partial charge is 0.239 e. The maximum Gasteiger partial charge on any atom is 0.239 e. The summed E-state index contributed by atoms with van der Waals surface area (Å²) in [5, 5.41) is 5.47. The zero-order chi connectivity index (χ0) is 9.68. The zero-order valence-corrected chi connectivity index (χ0v) is 9.33. The molecule has 0 spiro atoms. The van der Waals surface area contributed by atoms with Gasteiger partial charge in [0.1, 0.15) is 3.70 Å². The number of hydrogen-bond acceptors (Lipinski definition) is 3. The maximum atomic E-state index is 10.9. The maximum absolute atomic E-state index is 10.9. The third-order valence-corrected chi connectivity index (χ3v) is 2.10. The number of halogens is 1. The van der Waals surface area contributed by atoms with E-state index in [1.165, 1.54) is 0 Å². The van der Waals surface area contributed by atoms with Crippen molar-refractivity contribution in [2.45, 2.75) is 0 Å². The number of pyridine rings is 1. The minimum Gasteiger partial charge on any atom is -0.375 e. The summed E-state index contributed by atoms with van der Waals surface area (Å²) >= 11 is 2.13. The SMILES string of the molecule is CNC(=O)CNc1ccc(I)nc1. The van der Waals surface area contributed by atoms with Crippen LogP contribution < -0.4 is 10.6 Å².